The number of nitrogens with one attached hydrogen (secondary N) is 2. The van der Waals surface area contributed by atoms with E-state index in [2.05, 4.69) is 15.5 Å². The molecule has 0 aromatic heterocycles. The molecule has 2 fully saturated rings. The summed E-state index contributed by atoms with van der Waals surface area (Å²) in [5, 5.41) is 6.38. The molecule has 1 heterocycles. The number of nitrogens with zero attached hydrogens (tertiary/aromatic N) is 1. The highest BCUT2D eigenvalue weighted by atomic mass is 16.1. The van der Waals surface area contributed by atoms with Crippen LogP contribution in [0, 0.1) is 5.92 Å². The van der Waals surface area contributed by atoms with Crippen LogP contribution in [0.25, 0.3) is 0 Å². The van der Waals surface area contributed by atoms with Crippen molar-refractivity contribution in [2.45, 2.75) is 38.6 Å². The highest BCUT2D eigenvalue weighted by Gasteiger charge is 2.30. The Morgan fingerprint density at radius 3 is 2.82 bits per heavy atom. The van der Waals surface area contributed by atoms with Crippen molar-refractivity contribution in [3.63, 3.8) is 0 Å². The molecule has 1 unspecified atom stereocenters. The number of hydrogen-bond donors (Lipinski definition) is 2. The van der Waals surface area contributed by atoms with Gasteiger partial charge in [-0.25, -0.2) is 0 Å². The Labute approximate surface area is 104 Å². The van der Waals surface area contributed by atoms with E-state index in [1.165, 1.54) is 45.3 Å². The van der Waals surface area contributed by atoms with Crippen molar-refractivity contribution in [3.05, 3.63) is 0 Å². The molecular weight excluding hydrogens is 214 g/mol. The van der Waals surface area contributed by atoms with Crippen LogP contribution in [0.4, 0.5) is 0 Å². The summed E-state index contributed by atoms with van der Waals surface area (Å²) in [5.41, 5.74) is 0. The topological polar surface area (TPSA) is 44.4 Å². The number of carbonyl (C=O) groups excluding carboxylic acids is 1. The first kappa shape index (κ1) is 12.8. The molecule has 1 aliphatic carbocycles. The zero-order valence-electron chi connectivity index (χ0n) is 10.9. The lowest BCUT2D eigenvalue weighted by atomic mass is 9.99. The maximum absolute atomic E-state index is 10.9. The lowest BCUT2D eigenvalue weighted by Crippen LogP contribution is -2.42. The average Bonchev–Trinajstić information content (AvgIpc) is 3.12. The van der Waals surface area contributed by atoms with Gasteiger partial charge in [0, 0.05) is 32.6 Å². The molecule has 1 saturated carbocycles. The molecule has 1 atom stereocenters. The van der Waals surface area contributed by atoms with E-state index in [1.54, 1.807) is 6.92 Å². The molecule has 0 aromatic carbocycles. The summed E-state index contributed by atoms with van der Waals surface area (Å²) >= 11 is 0. The molecule has 0 aromatic rings. The van der Waals surface area contributed by atoms with Crippen LogP contribution in [0.2, 0.25) is 0 Å². The highest BCUT2D eigenvalue weighted by molar-refractivity contribution is 5.72. The van der Waals surface area contributed by atoms with E-state index >= 15 is 0 Å². The van der Waals surface area contributed by atoms with Crippen LogP contribution in [0.1, 0.15) is 32.6 Å². The molecule has 4 heteroatoms. The third-order valence-electron chi connectivity index (χ3n) is 3.73. The van der Waals surface area contributed by atoms with Crippen LogP contribution < -0.4 is 10.6 Å². The minimum absolute atomic E-state index is 0.0834. The van der Waals surface area contributed by atoms with Crippen molar-refractivity contribution in [1.82, 2.24) is 15.5 Å². The van der Waals surface area contributed by atoms with E-state index in [4.69, 9.17) is 0 Å². The quantitative estimate of drug-likeness (QED) is 0.713. The maximum atomic E-state index is 10.9. The van der Waals surface area contributed by atoms with Crippen LogP contribution in [-0.4, -0.2) is 49.6 Å². The average molecular weight is 239 g/mol. The Kier molecular flexibility index (Phi) is 4.80. The van der Waals surface area contributed by atoms with Gasteiger partial charge in [0.1, 0.15) is 0 Å². The van der Waals surface area contributed by atoms with Gasteiger partial charge in [0.15, 0.2) is 0 Å². The smallest absolute Gasteiger partial charge is 0.216 e. The largest absolute Gasteiger partial charge is 0.355 e. The lowest BCUT2D eigenvalue weighted by molar-refractivity contribution is -0.119. The van der Waals surface area contributed by atoms with Crippen molar-refractivity contribution in [2.24, 2.45) is 5.92 Å². The predicted molar refractivity (Wildman–Crippen MR) is 68.9 cm³/mol. The molecule has 17 heavy (non-hydrogen) atoms. The van der Waals surface area contributed by atoms with Crippen molar-refractivity contribution >= 4 is 5.91 Å². The summed E-state index contributed by atoms with van der Waals surface area (Å²) in [6.45, 7) is 6.96. The molecule has 1 saturated heterocycles. The van der Waals surface area contributed by atoms with Gasteiger partial charge < -0.3 is 10.6 Å². The van der Waals surface area contributed by atoms with Gasteiger partial charge in [0.05, 0.1) is 0 Å². The van der Waals surface area contributed by atoms with E-state index < -0.39 is 0 Å². The van der Waals surface area contributed by atoms with E-state index in [9.17, 15) is 4.79 Å². The monoisotopic (exact) mass is 239 g/mol. The fourth-order valence-electron chi connectivity index (χ4n) is 2.65. The molecule has 1 amide bonds. The molecule has 0 radical (unpaired) electrons. The Morgan fingerprint density at radius 2 is 2.24 bits per heavy atom. The van der Waals surface area contributed by atoms with Crippen molar-refractivity contribution in [2.75, 3.05) is 32.7 Å². The maximum Gasteiger partial charge on any atom is 0.216 e. The van der Waals surface area contributed by atoms with Gasteiger partial charge in [-0.3, -0.25) is 9.69 Å². The number of amides is 1. The first-order valence-electron chi connectivity index (χ1n) is 6.95. The third kappa shape index (κ3) is 4.64. The SMILES string of the molecule is CC(=O)NCCN(CC1CCCNC1)C1CC1. The summed E-state index contributed by atoms with van der Waals surface area (Å²) in [4.78, 5) is 13.4. The van der Waals surface area contributed by atoms with Crippen molar-refractivity contribution in [1.29, 1.82) is 0 Å². The molecule has 98 valence electrons. The van der Waals surface area contributed by atoms with E-state index in [0.29, 0.717) is 0 Å². The Bertz CT molecular complexity index is 247. The fourth-order valence-corrected chi connectivity index (χ4v) is 2.65. The fraction of sp³-hybridized carbons (Fsp3) is 0.923. The van der Waals surface area contributed by atoms with Gasteiger partial charge in [-0.2, -0.15) is 0 Å². The minimum atomic E-state index is 0.0834. The van der Waals surface area contributed by atoms with Crippen LogP contribution in [0.15, 0.2) is 0 Å². The van der Waals surface area contributed by atoms with Gasteiger partial charge in [-0.15, -0.1) is 0 Å². The lowest BCUT2D eigenvalue weighted by Gasteiger charge is -2.30. The van der Waals surface area contributed by atoms with Gasteiger partial charge in [0.2, 0.25) is 5.91 Å². The van der Waals surface area contributed by atoms with E-state index in [-0.39, 0.29) is 5.91 Å². The second kappa shape index (κ2) is 6.36. The Hall–Kier alpha value is -0.610. The Morgan fingerprint density at radius 1 is 1.41 bits per heavy atom. The second-order valence-electron chi connectivity index (χ2n) is 5.42. The first-order valence-corrected chi connectivity index (χ1v) is 6.95. The van der Waals surface area contributed by atoms with Gasteiger partial charge in [-0.1, -0.05) is 0 Å². The second-order valence-corrected chi connectivity index (χ2v) is 5.42. The first-order chi connectivity index (χ1) is 8.25. The summed E-state index contributed by atoms with van der Waals surface area (Å²) in [6, 6.07) is 0.797. The standard InChI is InChI=1S/C13H25N3O/c1-11(17)15-7-8-16(13-4-5-13)10-12-3-2-6-14-9-12/h12-14H,2-10H2,1H3,(H,15,17). The van der Waals surface area contributed by atoms with Crippen LogP contribution in [-0.2, 0) is 4.79 Å². The zero-order valence-corrected chi connectivity index (χ0v) is 10.9. The third-order valence-corrected chi connectivity index (χ3v) is 3.73. The molecular formula is C13H25N3O. The summed E-state index contributed by atoms with van der Waals surface area (Å²) < 4.78 is 0. The summed E-state index contributed by atoms with van der Waals surface area (Å²) in [7, 11) is 0. The Balaban J connectivity index is 1.70. The normalized spacial score (nSPS) is 24.9. The van der Waals surface area contributed by atoms with E-state index in [1.807, 2.05) is 0 Å². The molecule has 2 rings (SSSR count). The number of piperidine rings is 1. The summed E-state index contributed by atoms with van der Waals surface area (Å²) in [6.07, 6.45) is 5.37. The molecule has 4 nitrogen and oxygen atoms in total. The molecule has 2 N–H and O–H groups in total. The minimum Gasteiger partial charge on any atom is -0.355 e. The van der Waals surface area contributed by atoms with Gasteiger partial charge in [-0.05, 0) is 44.7 Å². The molecule has 0 spiro atoms. The highest BCUT2D eigenvalue weighted by Crippen LogP contribution is 2.28. The van der Waals surface area contributed by atoms with Crippen molar-refractivity contribution < 1.29 is 4.79 Å². The predicted octanol–water partition coefficient (Wildman–Crippen LogP) is 0.587. The van der Waals surface area contributed by atoms with Crippen molar-refractivity contribution in [3.8, 4) is 0 Å². The zero-order chi connectivity index (χ0) is 12.1. The molecule has 0 bridgehead atoms. The van der Waals surface area contributed by atoms with Crippen LogP contribution in [0.5, 0.6) is 0 Å². The number of hydrogen-bond acceptors (Lipinski definition) is 3. The van der Waals surface area contributed by atoms with Crippen LogP contribution >= 0.6 is 0 Å². The van der Waals surface area contributed by atoms with Gasteiger partial charge >= 0.3 is 0 Å². The number of carbonyl (C=O) groups is 1. The van der Waals surface area contributed by atoms with Crippen LogP contribution in [0.3, 0.4) is 0 Å². The van der Waals surface area contributed by atoms with Gasteiger partial charge in [0.25, 0.3) is 0 Å². The molecule has 1 aliphatic heterocycles. The molecule has 2 aliphatic rings. The number of rotatable bonds is 6. The summed E-state index contributed by atoms with van der Waals surface area (Å²) in [5.74, 6) is 0.891. The van der Waals surface area contributed by atoms with E-state index in [0.717, 1.165) is 25.0 Å².